The van der Waals surface area contributed by atoms with Crippen LogP contribution in [0.1, 0.15) is 17.5 Å². The number of aromatic amines is 1. The SMILES string of the molecule is Cc1ccccc1NC(=O)Nc1nc(=O)c(-c2ccc(CNCCCO)cc2)c[nH]1. The van der Waals surface area contributed by atoms with Gasteiger partial charge in [-0.1, -0.05) is 42.5 Å². The molecule has 1 heterocycles. The summed E-state index contributed by atoms with van der Waals surface area (Å²) in [5.74, 6) is 0.0690. The molecule has 8 heteroatoms. The Balaban J connectivity index is 1.63. The molecule has 0 atom stereocenters. The average molecular weight is 407 g/mol. The van der Waals surface area contributed by atoms with Crippen LogP contribution in [0, 0.1) is 6.92 Å². The number of carbonyl (C=O) groups is 1. The van der Waals surface area contributed by atoms with E-state index < -0.39 is 11.6 Å². The second-order valence-electron chi connectivity index (χ2n) is 6.81. The number of aryl methyl sites for hydroxylation is 1. The highest BCUT2D eigenvalue weighted by atomic mass is 16.3. The highest BCUT2D eigenvalue weighted by Crippen LogP contribution is 2.16. The van der Waals surface area contributed by atoms with Crippen LogP contribution in [0.15, 0.2) is 59.5 Å². The Labute approximate surface area is 174 Å². The maximum atomic E-state index is 12.4. The van der Waals surface area contributed by atoms with Crippen LogP contribution in [-0.2, 0) is 6.54 Å². The van der Waals surface area contributed by atoms with E-state index in [0.717, 1.165) is 23.2 Å². The maximum Gasteiger partial charge on any atom is 0.326 e. The lowest BCUT2D eigenvalue weighted by Gasteiger charge is -2.09. The number of hydrogen-bond donors (Lipinski definition) is 5. The van der Waals surface area contributed by atoms with Crippen molar-refractivity contribution in [2.24, 2.45) is 0 Å². The zero-order valence-corrected chi connectivity index (χ0v) is 16.7. The normalized spacial score (nSPS) is 10.6. The number of nitrogens with zero attached hydrogens (tertiary/aromatic N) is 1. The number of para-hydroxylation sites is 1. The van der Waals surface area contributed by atoms with E-state index >= 15 is 0 Å². The number of H-pyrrole nitrogens is 1. The standard InChI is InChI=1S/C22H25N5O3/c1-15-5-2-3-6-19(15)25-22(30)27-21-24-14-18(20(29)26-21)17-9-7-16(8-10-17)13-23-11-4-12-28/h2-3,5-10,14,23,28H,4,11-13H2,1H3,(H3,24,25,26,27,29,30). The molecular weight excluding hydrogens is 382 g/mol. The van der Waals surface area contributed by atoms with E-state index in [-0.39, 0.29) is 12.6 Å². The summed E-state index contributed by atoms with van der Waals surface area (Å²) in [5.41, 5.74) is 3.40. The summed E-state index contributed by atoms with van der Waals surface area (Å²) in [6, 6.07) is 14.5. The first-order chi connectivity index (χ1) is 14.6. The van der Waals surface area contributed by atoms with Crippen molar-refractivity contribution in [2.45, 2.75) is 19.9 Å². The van der Waals surface area contributed by atoms with Crippen LogP contribution >= 0.6 is 0 Å². The summed E-state index contributed by atoms with van der Waals surface area (Å²) in [5, 5.41) is 17.3. The Hall–Kier alpha value is -3.49. The van der Waals surface area contributed by atoms with Gasteiger partial charge >= 0.3 is 6.03 Å². The fourth-order valence-electron chi connectivity index (χ4n) is 2.88. The van der Waals surface area contributed by atoms with Crippen LogP contribution in [0.3, 0.4) is 0 Å². The van der Waals surface area contributed by atoms with Gasteiger partial charge in [0.2, 0.25) is 5.95 Å². The molecule has 8 nitrogen and oxygen atoms in total. The van der Waals surface area contributed by atoms with Gasteiger partial charge in [0.1, 0.15) is 0 Å². The van der Waals surface area contributed by atoms with Gasteiger partial charge in [-0.2, -0.15) is 4.98 Å². The van der Waals surface area contributed by atoms with Gasteiger partial charge in [-0.25, -0.2) is 4.79 Å². The molecule has 0 radical (unpaired) electrons. The predicted octanol–water partition coefficient (Wildman–Crippen LogP) is 2.86. The number of benzene rings is 2. The zero-order valence-electron chi connectivity index (χ0n) is 16.7. The third-order valence-corrected chi connectivity index (χ3v) is 4.53. The Morgan fingerprint density at radius 1 is 1.10 bits per heavy atom. The van der Waals surface area contributed by atoms with Crippen molar-refractivity contribution in [3.05, 3.63) is 76.2 Å². The number of hydrogen-bond acceptors (Lipinski definition) is 5. The highest BCUT2D eigenvalue weighted by Gasteiger charge is 2.09. The largest absolute Gasteiger partial charge is 0.396 e. The number of nitrogens with one attached hydrogen (secondary N) is 4. The molecule has 3 rings (SSSR count). The van der Waals surface area contributed by atoms with Crippen LogP contribution in [0.5, 0.6) is 0 Å². The minimum absolute atomic E-state index is 0.0690. The van der Waals surface area contributed by atoms with Gasteiger partial charge in [0.05, 0.1) is 5.56 Å². The molecule has 2 aromatic carbocycles. The van der Waals surface area contributed by atoms with Gasteiger partial charge < -0.3 is 20.7 Å². The topological polar surface area (TPSA) is 119 Å². The third kappa shape index (κ3) is 5.76. The van der Waals surface area contributed by atoms with Crippen molar-refractivity contribution in [3.8, 4) is 11.1 Å². The van der Waals surface area contributed by atoms with Crippen molar-refractivity contribution in [2.75, 3.05) is 23.8 Å². The molecule has 30 heavy (non-hydrogen) atoms. The summed E-state index contributed by atoms with van der Waals surface area (Å²) in [7, 11) is 0. The number of aromatic nitrogens is 2. The Morgan fingerprint density at radius 2 is 1.87 bits per heavy atom. The quantitative estimate of drug-likeness (QED) is 0.368. The van der Waals surface area contributed by atoms with E-state index in [9.17, 15) is 9.59 Å². The molecule has 0 fully saturated rings. The first-order valence-electron chi connectivity index (χ1n) is 9.71. The second kappa shape index (κ2) is 10.3. The summed E-state index contributed by atoms with van der Waals surface area (Å²) in [6.45, 7) is 3.49. The molecule has 0 saturated heterocycles. The molecule has 0 bridgehead atoms. The van der Waals surface area contributed by atoms with Gasteiger partial charge in [-0.15, -0.1) is 0 Å². The van der Waals surface area contributed by atoms with E-state index in [1.54, 1.807) is 6.07 Å². The molecule has 0 aliphatic rings. The van der Waals surface area contributed by atoms with E-state index in [1.165, 1.54) is 6.20 Å². The molecule has 0 spiro atoms. The minimum atomic E-state index is -0.488. The number of amides is 2. The molecule has 2 amide bonds. The van der Waals surface area contributed by atoms with Crippen molar-refractivity contribution in [1.29, 1.82) is 0 Å². The average Bonchev–Trinajstić information content (AvgIpc) is 2.74. The molecule has 0 unspecified atom stereocenters. The zero-order chi connectivity index (χ0) is 21.3. The highest BCUT2D eigenvalue weighted by molar-refractivity contribution is 5.99. The van der Waals surface area contributed by atoms with Crippen LogP contribution in [0.4, 0.5) is 16.4 Å². The fraction of sp³-hybridized carbons (Fsp3) is 0.227. The van der Waals surface area contributed by atoms with Gasteiger partial charge in [-0.3, -0.25) is 10.1 Å². The first-order valence-corrected chi connectivity index (χ1v) is 9.71. The molecule has 5 N–H and O–H groups in total. The van der Waals surface area contributed by atoms with E-state index in [0.29, 0.717) is 24.2 Å². The van der Waals surface area contributed by atoms with E-state index in [1.807, 2.05) is 49.4 Å². The monoisotopic (exact) mass is 407 g/mol. The smallest absolute Gasteiger partial charge is 0.326 e. The molecular formula is C22H25N5O3. The molecule has 0 saturated carbocycles. The number of carbonyl (C=O) groups excluding carboxylic acids is 1. The van der Waals surface area contributed by atoms with E-state index in [2.05, 4.69) is 25.9 Å². The van der Waals surface area contributed by atoms with Crippen molar-refractivity contribution >= 4 is 17.7 Å². The maximum absolute atomic E-state index is 12.4. The summed E-state index contributed by atoms with van der Waals surface area (Å²) in [6.07, 6.45) is 2.25. The number of aliphatic hydroxyl groups is 1. The molecule has 0 aliphatic heterocycles. The lowest BCUT2D eigenvalue weighted by molar-refractivity contribution is 0.262. The summed E-state index contributed by atoms with van der Waals surface area (Å²) >= 11 is 0. The Kier molecular flexibility index (Phi) is 7.31. The second-order valence-corrected chi connectivity index (χ2v) is 6.81. The number of aliphatic hydroxyl groups excluding tert-OH is 1. The first kappa shape index (κ1) is 21.2. The molecule has 3 aromatic rings. The predicted molar refractivity (Wildman–Crippen MR) is 118 cm³/mol. The number of rotatable bonds is 8. The van der Waals surface area contributed by atoms with Crippen molar-refractivity contribution in [1.82, 2.24) is 15.3 Å². The Bertz CT molecular complexity index is 1050. The third-order valence-electron chi connectivity index (χ3n) is 4.53. The minimum Gasteiger partial charge on any atom is -0.396 e. The van der Waals surface area contributed by atoms with Gasteiger partial charge in [0.25, 0.3) is 5.56 Å². The number of urea groups is 1. The summed E-state index contributed by atoms with van der Waals surface area (Å²) < 4.78 is 0. The van der Waals surface area contributed by atoms with Crippen molar-refractivity contribution < 1.29 is 9.90 Å². The van der Waals surface area contributed by atoms with Gasteiger partial charge in [-0.05, 0) is 42.6 Å². The lowest BCUT2D eigenvalue weighted by atomic mass is 10.1. The van der Waals surface area contributed by atoms with Crippen LogP contribution in [-0.4, -0.2) is 34.3 Å². The summed E-state index contributed by atoms with van der Waals surface area (Å²) in [4.78, 5) is 31.4. The van der Waals surface area contributed by atoms with Crippen LogP contribution < -0.4 is 21.5 Å². The van der Waals surface area contributed by atoms with Gasteiger partial charge in [0, 0.05) is 25.0 Å². The number of anilines is 2. The van der Waals surface area contributed by atoms with Crippen LogP contribution in [0.25, 0.3) is 11.1 Å². The van der Waals surface area contributed by atoms with Crippen molar-refractivity contribution in [3.63, 3.8) is 0 Å². The van der Waals surface area contributed by atoms with Crippen LogP contribution in [0.2, 0.25) is 0 Å². The molecule has 0 aliphatic carbocycles. The van der Waals surface area contributed by atoms with E-state index in [4.69, 9.17) is 5.11 Å². The Morgan fingerprint density at radius 3 is 2.57 bits per heavy atom. The molecule has 1 aromatic heterocycles. The molecule has 156 valence electrons. The van der Waals surface area contributed by atoms with Gasteiger partial charge in [0.15, 0.2) is 0 Å². The lowest BCUT2D eigenvalue weighted by Crippen LogP contribution is -2.23. The fourth-order valence-corrected chi connectivity index (χ4v) is 2.88.